The summed E-state index contributed by atoms with van der Waals surface area (Å²) in [6, 6.07) is 12.8. The van der Waals surface area contributed by atoms with Crippen LogP contribution in [0.2, 0.25) is 0 Å². The van der Waals surface area contributed by atoms with Gasteiger partial charge in [-0.15, -0.1) is 0 Å². The molecule has 0 unspecified atom stereocenters. The highest BCUT2D eigenvalue weighted by molar-refractivity contribution is 5.88. The van der Waals surface area contributed by atoms with Gasteiger partial charge in [-0.1, -0.05) is 48.6 Å². The average molecular weight is 286 g/mol. The summed E-state index contributed by atoms with van der Waals surface area (Å²) in [6.45, 7) is 0. The molecule has 1 fully saturated rings. The van der Waals surface area contributed by atoms with Crippen LogP contribution in [0, 0.1) is 0 Å². The molecule has 0 aromatic heterocycles. The van der Waals surface area contributed by atoms with E-state index < -0.39 is 5.60 Å². The molecule has 0 radical (unpaired) electrons. The predicted octanol–water partition coefficient (Wildman–Crippen LogP) is 4.13. The normalized spacial score (nSPS) is 27.9. The lowest BCUT2D eigenvalue weighted by Gasteiger charge is -2.38. The van der Waals surface area contributed by atoms with Crippen molar-refractivity contribution in [2.24, 2.45) is 0 Å². The van der Waals surface area contributed by atoms with Gasteiger partial charge in [-0.25, -0.2) is 0 Å². The number of fused-ring (bicyclic) bond motifs is 3. The Morgan fingerprint density at radius 3 is 2.82 bits per heavy atom. The lowest BCUT2D eigenvalue weighted by atomic mass is 9.70. The van der Waals surface area contributed by atoms with Crippen molar-refractivity contribution in [1.29, 1.82) is 0 Å². The zero-order chi connectivity index (χ0) is 14.7. The number of ether oxygens (including phenoxy) is 1. The van der Waals surface area contributed by atoms with Crippen LogP contribution in [0.1, 0.15) is 23.5 Å². The Morgan fingerprint density at radius 2 is 1.95 bits per heavy atom. The van der Waals surface area contributed by atoms with Gasteiger partial charge in [-0.2, -0.15) is 0 Å². The summed E-state index contributed by atoms with van der Waals surface area (Å²) in [5.41, 5.74) is 2.92. The minimum Gasteiger partial charge on any atom is -0.449 e. The van der Waals surface area contributed by atoms with E-state index in [2.05, 4.69) is 60.7 Å². The van der Waals surface area contributed by atoms with Crippen LogP contribution < -0.4 is 0 Å². The molecule has 0 bridgehead atoms. The van der Waals surface area contributed by atoms with Gasteiger partial charge in [0.15, 0.2) is 5.60 Å². The van der Waals surface area contributed by atoms with Crippen LogP contribution in [0.5, 0.6) is 0 Å². The molecule has 5 rings (SSSR count). The van der Waals surface area contributed by atoms with Crippen LogP contribution in [0.3, 0.4) is 0 Å². The van der Waals surface area contributed by atoms with E-state index in [1.807, 2.05) is 6.08 Å². The van der Waals surface area contributed by atoms with E-state index in [1.165, 1.54) is 21.9 Å². The number of hydrogen-bond acceptors (Lipinski definition) is 2. The Labute approximate surface area is 128 Å². The fourth-order valence-corrected chi connectivity index (χ4v) is 3.94. The third kappa shape index (κ3) is 1.42. The molecule has 2 aromatic carbocycles. The highest BCUT2D eigenvalue weighted by atomic mass is 16.6. The van der Waals surface area contributed by atoms with Crippen molar-refractivity contribution in [3.8, 4) is 0 Å². The van der Waals surface area contributed by atoms with Crippen LogP contribution in [-0.2, 0) is 9.53 Å². The standard InChI is InChI=1S/C20H14O2/c21-19-12-16-6-3-7-18-17-11-14-5-2-1-4-13(14)10-15(17)8-9-20(16,18)22-19/h1-11,18H,12H2/t18-,20-/m1/s1. The number of carbonyl (C=O) groups excluding carboxylic acids is 1. The van der Waals surface area contributed by atoms with Crippen LogP contribution in [-0.4, -0.2) is 11.6 Å². The van der Waals surface area contributed by atoms with Gasteiger partial charge in [-0.3, -0.25) is 4.79 Å². The van der Waals surface area contributed by atoms with E-state index in [0.717, 1.165) is 5.57 Å². The first-order valence-electron chi connectivity index (χ1n) is 7.58. The number of carbonyl (C=O) groups is 1. The lowest BCUT2D eigenvalue weighted by molar-refractivity contribution is -0.145. The van der Waals surface area contributed by atoms with Crippen molar-refractivity contribution in [1.82, 2.24) is 0 Å². The lowest BCUT2D eigenvalue weighted by Crippen LogP contribution is -2.38. The minimum absolute atomic E-state index is 0.0727. The van der Waals surface area contributed by atoms with Gasteiger partial charge >= 0.3 is 5.97 Å². The molecule has 3 aliphatic rings. The molecule has 2 heteroatoms. The summed E-state index contributed by atoms with van der Waals surface area (Å²) in [6.07, 6.45) is 10.8. The van der Waals surface area contributed by atoms with Gasteiger partial charge in [0.05, 0.1) is 12.3 Å². The second-order valence-corrected chi connectivity index (χ2v) is 6.16. The number of esters is 1. The Morgan fingerprint density at radius 1 is 1.14 bits per heavy atom. The van der Waals surface area contributed by atoms with Gasteiger partial charge in [0, 0.05) is 0 Å². The topological polar surface area (TPSA) is 26.3 Å². The van der Waals surface area contributed by atoms with Crippen molar-refractivity contribution >= 4 is 22.8 Å². The molecule has 2 aliphatic carbocycles. The molecule has 2 atom stereocenters. The Hall–Kier alpha value is -2.61. The van der Waals surface area contributed by atoms with Crippen molar-refractivity contribution < 1.29 is 9.53 Å². The molecule has 1 aliphatic heterocycles. The predicted molar refractivity (Wildman–Crippen MR) is 86.4 cm³/mol. The summed E-state index contributed by atoms with van der Waals surface area (Å²) in [7, 11) is 0. The molecule has 22 heavy (non-hydrogen) atoms. The molecule has 106 valence electrons. The highest BCUT2D eigenvalue weighted by Gasteiger charge is 2.51. The van der Waals surface area contributed by atoms with E-state index in [1.54, 1.807) is 0 Å². The summed E-state index contributed by atoms with van der Waals surface area (Å²) >= 11 is 0. The van der Waals surface area contributed by atoms with E-state index >= 15 is 0 Å². The van der Waals surface area contributed by atoms with Gasteiger partial charge in [0.1, 0.15) is 0 Å². The number of hydrogen-bond donors (Lipinski definition) is 0. The van der Waals surface area contributed by atoms with Gasteiger partial charge in [0.2, 0.25) is 0 Å². The maximum absolute atomic E-state index is 11.9. The smallest absolute Gasteiger partial charge is 0.311 e. The zero-order valence-electron chi connectivity index (χ0n) is 12.0. The molecule has 2 aromatic rings. The molecule has 0 amide bonds. The summed E-state index contributed by atoms with van der Waals surface area (Å²) in [5.74, 6) is -0.0580. The fourth-order valence-electron chi connectivity index (χ4n) is 3.94. The maximum atomic E-state index is 11.9. The molecular weight excluding hydrogens is 272 g/mol. The largest absolute Gasteiger partial charge is 0.449 e. The van der Waals surface area contributed by atoms with E-state index in [0.29, 0.717) is 6.42 Å². The third-order valence-electron chi connectivity index (χ3n) is 4.98. The molecule has 1 spiro atoms. The monoisotopic (exact) mass is 286 g/mol. The van der Waals surface area contributed by atoms with Crippen LogP contribution in [0.15, 0.2) is 66.3 Å². The Kier molecular flexibility index (Phi) is 2.17. The van der Waals surface area contributed by atoms with E-state index in [9.17, 15) is 4.79 Å². The van der Waals surface area contributed by atoms with E-state index in [-0.39, 0.29) is 11.9 Å². The van der Waals surface area contributed by atoms with E-state index in [4.69, 9.17) is 4.74 Å². The molecular formula is C20H14O2. The first-order chi connectivity index (χ1) is 10.8. The summed E-state index contributed by atoms with van der Waals surface area (Å²) < 4.78 is 5.78. The van der Waals surface area contributed by atoms with Crippen molar-refractivity contribution in [2.45, 2.75) is 17.9 Å². The summed E-state index contributed by atoms with van der Waals surface area (Å²) in [5, 5.41) is 2.46. The fraction of sp³-hybridized carbons (Fsp3) is 0.150. The highest BCUT2D eigenvalue weighted by Crippen LogP contribution is 2.51. The SMILES string of the molecule is O=C1CC2=CC=C[C@@H]3c4cc5ccccc5cc4C=C[C@@]23O1. The second kappa shape index (κ2) is 3.98. The zero-order valence-corrected chi connectivity index (χ0v) is 12.0. The average Bonchev–Trinajstić information content (AvgIpc) is 2.87. The van der Waals surface area contributed by atoms with Gasteiger partial charge in [-0.05, 0) is 45.7 Å². The van der Waals surface area contributed by atoms with Gasteiger partial charge < -0.3 is 4.74 Å². The van der Waals surface area contributed by atoms with Gasteiger partial charge in [0.25, 0.3) is 0 Å². The Balaban J connectivity index is 1.78. The molecule has 0 saturated carbocycles. The molecule has 1 saturated heterocycles. The minimum atomic E-state index is -0.596. The Bertz CT molecular complexity index is 916. The van der Waals surface area contributed by atoms with Crippen molar-refractivity contribution in [3.63, 3.8) is 0 Å². The number of rotatable bonds is 0. The van der Waals surface area contributed by atoms with Crippen molar-refractivity contribution in [3.05, 3.63) is 77.4 Å². The molecule has 1 heterocycles. The number of benzene rings is 2. The third-order valence-corrected chi connectivity index (χ3v) is 4.98. The van der Waals surface area contributed by atoms with Crippen molar-refractivity contribution in [2.75, 3.05) is 0 Å². The van der Waals surface area contributed by atoms with Crippen LogP contribution >= 0.6 is 0 Å². The van der Waals surface area contributed by atoms with Crippen LogP contribution in [0.4, 0.5) is 0 Å². The number of allylic oxidation sites excluding steroid dienone is 2. The maximum Gasteiger partial charge on any atom is 0.311 e. The molecule has 0 N–H and O–H groups in total. The molecule has 2 nitrogen and oxygen atoms in total. The first kappa shape index (κ1) is 12.0. The quantitative estimate of drug-likeness (QED) is 0.681. The second-order valence-electron chi connectivity index (χ2n) is 6.16. The first-order valence-corrected chi connectivity index (χ1v) is 7.58. The summed E-state index contributed by atoms with van der Waals surface area (Å²) in [4.78, 5) is 11.9. The van der Waals surface area contributed by atoms with Crippen LogP contribution in [0.25, 0.3) is 16.8 Å².